The summed E-state index contributed by atoms with van der Waals surface area (Å²) in [6.07, 6.45) is 0. The minimum atomic E-state index is 1.06. The molecule has 0 aliphatic heterocycles. The first kappa shape index (κ1) is 13.3. The molecule has 0 aliphatic rings. The number of hydrogen-bond acceptors (Lipinski definition) is 2. The van der Waals surface area contributed by atoms with Crippen molar-refractivity contribution < 1.29 is 0 Å². The van der Waals surface area contributed by atoms with Crippen LogP contribution in [0, 0.1) is 13.8 Å². The van der Waals surface area contributed by atoms with Crippen molar-refractivity contribution in [2.45, 2.75) is 13.8 Å². The Kier molecular flexibility index (Phi) is 3.09. The molecule has 3 heteroatoms. The Balaban J connectivity index is 2.00. The van der Waals surface area contributed by atoms with Crippen LogP contribution in [0.3, 0.4) is 0 Å². The lowest BCUT2D eigenvalue weighted by molar-refractivity contribution is 1.14. The molecule has 108 valence electrons. The number of fused-ring (bicyclic) bond motifs is 1. The zero-order chi connectivity index (χ0) is 15.1. The third-order valence-corrected chi connectivity index (χ3v) is 4.93. The van der Waals surface area contributed by atoms with Gasteiger partial charge in [-0.25, -0.2) is 4.98 Å². The summed E-state index contributed by atoms with van der Waals surface area (Å²) in [4.78, 5) is 7.24. The van der Waals surface area contributed by atoms with Crippen LogP contribution in [0.2, 0.25) is 0 Å². The number of rotatable bonds is 2. The highest BCUT2D eigenvalue weighted by atomic mass is 32.1. The molecule has 22 heavy (non-hydrogen) atoms. The van der Waals surface area contributed by atoms with Gasteiger partial charge in [0.15, 0.2) is 4.96 Å². The summed E-state index contributed by atoms with van der Waals surface area (Å²) in [5, 5.41) is 0. The highest BCUT2D eigenvalue weighted by Crippen LogP contribution is 2.35. The van der Waals surface area contributed by atoms with E-state index in [0.29, 0.717) is 0 Å². The van der Waals surface area contributed by atoms with Crippen LogP contribution in [0.1, 0.15) is 10.6 Å². The van der Waals surface area contributed by atoms with Crippen molar-refractivity contribution in [3.05, 3.63) is 71.2 Å². The second-order valence-electron chi connectivity index (χ2n) is 5.40. The minimum absolute atomic E-state index is 1.06. The molecule has 2 aromatic heterocycles. The number of aromatic nitrogens is 2. The Morgan fingerprint density at radius 3 is 2.05 bits per heavy atom. The van der Waals surface area contributed by atoms with Gasteiger partial charge in [0.25, 0.3) is 0 Å². The highest BCUT2D eigenvalue weighted by Gasteiger charge is 2.18. The zero-order valence-electron chi connectivity index (χ0n) is 12.6. The molecule has 2 nitrogen and oxygen atoms in total. The molecule has 0 atom stereocenters. The maximum atomic E-state index is 4.87. The third kappa shape index (κ3) is 1.97. The van der Waals surface area contributed by atoms with Gasteiger partial charge in [0.05, 0.1) is 11.4 Å². The molecule has 2 heterocycles. The molecule has 0 amide bonds. The van der Waals surface area contributed by atoms with Gasteiger partial charge in [0.2, 0.25) is 0 Å². The van der Waals surface area contributed by atoms with Crippen LogP contribution in [0.4, 0.5) is 0 Å². The Morgan fingerprint density at radius 1 is 0.818 bits per heavy atom. The number of aryl methyl sites for hydroxylation is 2. The molecule has 0 spiro atoms. The SMILES string of the molecule is Cc1sc2nc(-c3ccccc3)c(C)n2c1-c1ccccc1. The molecular weight excluding hydrogens is 288 g/mol. The lowest BCUT2D eigenvalue weighted by atomic mass is 10.1. The first-order valence-electron chi connectivity index (χ1n) is 7.35. The molecule has 2 aromatic carbocycles. The van der Waals surface area contributed by atoms with Gasteiger partial charge in [0, 0.05) is 16.1 Å². The van der Waals surface area contributed by atoms with Gasteiger partial charge in [-0.15, -0.1) is 11.3 Å². The largest absolute Gasteiger partial charge is 0.287 e. The normalized spacial score (nSPS) is 11.2. The molecule has 0 aliphatic carbocycles. The Morgan fingerprint density at radius 2 is 1.41 bits per heavy atom. The van der Waals surface area contributed by atoms with Gasteiger partial charge in [-0.3, -0.25) is 4.40 Å². The Labute approximate surface area is 133 Å². The van der Waals surface area contributed by atoms with Crippen molar-refractivity contribution in [1.29, 1.82) is 0 Å². The number of benzene rings is 2. The summed E-state index contributed by atoms with van der Waals surface area (Å²) in [6.45, 7) is 4.32. The number of hydrogen-bond donors (Lipinski definition) is 0. The lowest BCUT2D eigenvalue weighted by Crippen LogP contribution is -1.91. The van der Waals surface area contributed by atoms with E-state index in [2.05, 4.69) is 72.8 Å². The standard InChI is InChI=1S/C19H16N2S/c1-13-17(15-9-5-3-6-10-15)20-19-21(13)18(14(2)22-19)16-11-7-4-8-12-16/h3-12H,1-2H3. The van der Waals surface area contributed by atoms with Crippen molar-refractivity contribution in [1.82, 2.24) is 9.38 Å². The molecule has 0 bridgehead atoms. The van der Waals surface area contributed by atoms with E-state index >= 15 is 0 Å². The summed E-state index contributed by atoms with van der Waals surface area (Å²) >= 11 is 1.76. The van der Waals surface area contributed by atoms with Crippen LogP contribution in [0.5, 0.6) is 0 Å². The fourth-order valence-corrected chi connectivity index (χ4v) is 3.98. The fourth-order valence-electron chi connectivity index (χ4n) is 2.95. The van der Waals surface area contributed by atoms with E-state index in [1.165, 1.54) is 27.4 Å². The van der Waals surface area contributed by atoms with Crippen LogP contribution in [0.15, 0.2) is 60.7 Å². The molecule has 0 N–H and O–H groups in total. The van der Waals surface area contributed by atoms with Gasteiger partial charge < -0.3 is 0 Å². The van der Waals surface area contributed by atoms with Gasteiger partial charge in [-0.1, -0.05) is 60.7 Å². The molecule has 0 radical (unpaired) electrons. The zero-order valence-corrected chi connectivity index (χ0v) is 13.4. The predicted octanol–water partition coefficient (Wildman–Crippen LogP) is 5.35. The lowest BCUT2D eigenvalue weighted by Gasteiger charge is -2.05. The van der Waals surface area contributed by atoms with E-state index in [0.717, 1.165) is 10.7 Å². The summed E-state index contributed by atoms with van der Waals surface area (Å²) < 4.78 is 2.29. The second kappa shape index (κ2) is 5.11. The van der Waals surface area contributed by atoms with Gasteiger partial charge >= 0.3 is 0 Å². The van der Waals surface area contributed by atoms with E-state index in [4.69, 9.17) is 4.98 Å². The molecule has 0 saturated heterocycles. The van der Waals surface area contributed by atoms with Gasteiger partial charge in [-0.2, -0.15) is 0 Å². The van der Waals surface area contributed by atoms with E-state index in [1.54, 1.807) is 11.3 Å². The van der Waals surface area contributed by atoms with Crippen LogP contribution < -0.4 is 0 Å². The Bertz CT molecular complexity index is 934. The van der Waals surface area contributed by atoms with Gasteiger partial charge in [-0.05, 0) is 19.4 Å². The summed E-state index contributed by atoms with van der Waals surface area (Å²) in [6, 6.07) is 21.0. The summed E-state index contributed by atoms with van der Waals surface area (Å²) in [7, 11) is 0. The van der Waals surface area contributed by atoms with Crippen molar-refractivity contribution in [2.75, 3.05) is 0 Å². The predicted molar refractivity (Wildman–Crippen MR) is 93.4 cm³/mol. The molecule has 4 aromatic rings. The maximum Gasteiger partial charge on any atom is 0.195 e. The first-order valence-corrected chi connectivity index (χ1v) is 8.16. The maximum absolute atomic E-state index is 4.87. The summed E-state index contributed by atoms with van der Waals surface area (Å²) in [5.74, 6) is 0. The summed E-state index contributed by atoms with van der Waals surface area (Å²) in [5.41, 5.74) is 5.94. The highest BCUT2D eigenvalue weighted by molar-refractivity contribution is 7.17. The van der Waals surface area contributed by atoms with Crippen LogP contribution in [0.25, 0.3) is 27.5 Å². The number of nitrogens with zero attached hydrogens (tertiary/aromatic N) is 2. The van der Waals surface area contributed by atoms with Crippen molar-refractivity contribution in [3.8, 4) is 22.5 Å². The quantitative estimate of drug-likeness (QED) is 0.488. The van der Waals surface area contributed by atoms with Crippen LogP contribution in [-0.2, 0) is 0 Å². The van der Waals surface area contributed by atoms with Crippen molar-refractivity contribution >= 4 is 16.3 Å². The number of thiazole rings is 1. The van der Waals surface area contributed by atoms with Crippen LogP contribution >= 0.6 is 11.3 Å². The minimum Gasteiger partial charge on any atom is -0.287 e. The first-order chi connectivity index (χ1) is 10.8. The molecule has 4 rings (SSSR count). The van der Waals surface area contributed by atoms with Gasteiger partial charge in [0.1, 0.15) is 0 Å². The van der Waals surface area contributed by atoms with Crippen molar-refractivity contribution in [3.63, 3.8) is 0 Å². The monoisotopic (exact) mass is 304 g/mol. The topological polar surface area (TPSA) is 17.3 Å². The second-order valence-corrected chi connectivity index (χ2v) is 6.58. The fraction of sp³-hybridized carbons (Fsp3) is 0.105. The van der Waals surface area contributed by atoms with E-state index in [1.807, 2.05) is 6.07 Å². The average Bonchev–Trinajstić information content (AvgIpc) is 3.05. The van der Waals surface area contributed by atoms with E-state index in [9.17, 15) is 0 Å². The van der Waals surface area contributed by atoms with Crippen molar-refractivity contribution in [2.24, 2.45) is 0 Å². The molecule has 0 fully saturated rings. The smallest absolute Gasteiger partial charge is 0.195 e. The molecule has 0 saturated carbocycles. The van der Waals surface area contributed by atoms with E-state index in [-0.39, 0.29) is 0 Å². The molecular formula is C19H16N2S. The third-order valence-electron chi connectivity index (χ3n) is 3.97. The number of imidazole rings is 1. The Hall–Kier alpha value is -2.39. The average molecular weight is 304 g/mol. The molecule has 0 unspecified atom stereocenters. The van der Waals surface area contributed by atoms with Crippen LogP contribution in [-0.4, -0.2) is 9.38 Å². The van der Waals surface area contributed by atoms with E-state index < -0.39 is 0 Å².